The number of nitrogens with one attached hydrogen (secondary N) is 3. The van der Waals surface area contributed by atoms with Crippen LogP contribution in [0, 0.1) is 0 Å². The molecule has 0 aliphatic heterocycles. The van der Waals surface area contributed by atoms with Gasteiger partial charge in [-0.15, -0.1) is 0 Å². The number of primary amides is 1. The second kappa shape index (κ2) is 13.4. The van der Waals surface area contributed by atoms with Crippen LogP contribution in [0.15, 0.2) is 48.5 Å². The third-order valence-corrected chi connectivity index (χ3v) is 5.20. The van der Waals surface area contributed by atoms with Crippen molar-refractivity contribution in [2.24, 2.45) is 11.5 Å². The Kier molecular flexibility index (Phi) is 10.4. The molecule has 10 N–H and O–H groups in total. The summed E-state index contributed by atoms with van der Waals surface area (Å²) in [6, 6.07) is 7.81. The van der Waals surface area contributed by atoms with Crippen molar-refractivity contribution in [3.8, 4) is 11.5 Å². The minimum atomic E-state index is -1.30. The standard InChI is InChI=1S/C24H29N5O8/c25-17(11-20(26)32)22(34)29-18(9-13-1-5-15(30)6-2-13)23(35)27-12-21(33)28-19(24(36)37)10-14-3-7-16(31)8-4-14/h1-8,17-19,30-31H,9-12,25H2,(H2,26,32)(H,27,35)(H,28,33)(H,29,34)(H,36,37). The lowest BCUT2D eigenvalue weighted by atomic mass is 10.0. The number of carboxylic acids is 1. The average molecular weight is 516 g/mol. The summed E-state index contributed by atoms with van der Waals surface area (Å²) < 4.78 is 0. The van der Waals surface area contributed by atoms with Crippen molar-refractivity contribution in [2.75, 3.05) is 6.54 Å². The lowest BCUT2D eigenvalue weighted by Crippen LogP contribution is -2.54. The van der Waals surface area contributed by atoms with Gasteiger partial charge in [0.05, 0.1) is 19.0 Å². The van der Waals surface area contributed by atoms with Gasteiger partial charge in [0.25, 0.3) is 0 Å². The van der Waals surface area contributed by atoms with E-state index in [-0.39, 0.29) is 24.3 Å². The number of carbonyl (C=O) groups is 5. The number of hydrogen-bond donors (Lipinski definition) is 8. The number of hydrogen-bond acceptors (Lipinski definition) is 8. The van der Waals surface area contributed by atoms with Crippen molar-refractivity contribution in [1.82, 2.24) is 16.0 Å². The van der Waals surface area contributed by atoms with E-state index in [9.17, 15) is 39.3 Å². The molecule has 0 saturated carbocycles. The number of phenols is 2. The minimum Gasteiger partial charge on any atom is -0.508 e. The molecule has 3 unspecified atom stereocenters. The molecule has 2 aromatic rings. The molecule has 0 aliphatic carbocycles. The summed E-state index contributed by atoms with van der Waals surface area (Å²) in [5.41, 5.74) is 11.8. The van der Waals surface area contributed by atoms with Gasteiger partial charge in [-0.3, -0.25) is 19.2 Å². The van der Waals surface area contributed by atoms with E-state index >= 15 is 0 Å². The first-order valence-electron chi connectivity index (χ1n) is 11.1. The van der Waals surface area contributed by atoms with Gasteiger partial charge in [0.1, 0.15) is 23.6 Å². The molecule has 0 radical (unpaired) electrons. The first-order chi connectivity index (χ1) is 17.4. The van der Waals surface area contributed by atoms with Crippen LogP contribution in [0.1, 0.15) is 17.5 Å². The van der Waals surface area contributed by atoms with Crippen LogP contribution in [0.4, 0.5) is 0 Å². The van der Waals surface area contributed by atoms with Gasteiger partial charge in [-0.2, -0.15) is 0 Å². The van der Waals surface area contributed by atoms with Crippen LogP contribution in [-0.4, -0.2) is 69.6 Å². The fraction of sp³-hybridized carbons (Fsp3) is 0.292. The molecule has 37 heavy (non-hydrogen) atoms. The summed E-state index contributed by atoms with van der Waals surface area (Å²) in [5.74, 6) is -4.48. The number of benzene rings is 2. The van der Waals surface area contributed by atoms with Crippen LogP contribution in [0.5, 0.6) is 11.5 Å². The number of rotatable bonds is 13. The van der Waals surface area contributed by atoms with Gasteiger partial charge in [0.15, 0.2) is 0 Å². The molecule has 0 bridgehead atoms. The summed E-state index contributed by atoms with van der Waals surface area (Å²) >= 11 is 0. The van der Waals surface area contributed by atoms with Crippen LogP contribution in [0.25, 0.3) is 0 Å². The summed E-state index contributed by atoms with van der Waals surface area (Å²) in [7, 11) is 0. The van der Waals surface area contributed by atoms with Crippen LogP contribution < -0.4 is 27.4 Å². The normalized spacial score (nSPS) is 13.0. The van der Waals surface area contributed by atoms with Crippen LogP contribution >= 0.6 is 0 Å². The highest BCUT2D eigenvalue weighted by atomic mass is 16.4. The van der Waals surface area contributed by atoms with Gasteiger partial charge in [-0.25, -0.2) is 4.79 Å². The van der Waals surface area contributed by atoms with E-state index < -0.39 is 60.7 Å². The molecule has 0 aromatic heterocycles. The molecular weight excluding hydrogens is 486 g/mol. The highest BCUT2D eigenvalue weighted by molar-refractivity contribution is 5.94. The zero-order valence-electron chi connectivity index (χ0n) is 19.7. The van der Waals surface area contributed by atoms with Crippen molar-refractivity contribution in [2.45, 2.75) is 37.4 Å². The van der Waals surface area contributed by atoms with E-state index in [1.807, 2.05) is 0 Å². The topological polar surface area (TPSA) is 234 Å². The van der Waals surface area contributed by atoms with E-state index in [0.29, 0.717) is 11.1 Å². The first-order valence-corrected chi connectivity index (χ1v) is 11.1. The zero-order valence-corrected chi connectivity index (χ0v) is 19.7. The number of aliphatic carboxylic acids is 1. The lowest BCUT2D eigenvalue weighted by molar-refractivity contribution is -0.141. The Morgan fingerprint density at radius 1 is 0.757 bits per heavy atom. The Balaban J connectivity index is 2.03. The predicted molar refractivity (Wildman–Crippen MR) is 130 cm³/mol. The van der Waals surface area contributed by atoms with Gasteiger partial charge in [-0.1, -0.05) is 24.3 Å². The third-order valence-electron chi connectivity index (χ3n) is 5.20. The molecule has 13 nitrogen and oxygen atoms in total. The summed E-state index contributed by atoms with van der Waals surface area (Å²) in [6.45, 7) is -0.590. The van der Waals surface area contributed by atoms with Crippen LogP contribution in [0.3, 0.4) is 0 Å². The molecule has 2 aromatic carbocycles. The quantitative estimate of drug-likeness (QED) is 0.151. The fourth-order valence-corrected chi connectivity index (χ4v) is 3.27. The largest absolute Gasteiger partial charge is 0.508 e. The van der Waals surface area contributed by atoms with Gasteiger partial charge in [0, 0.05) is 12.8 Å². The first kappa shape index (κ1) is 28.6. The maximum absolute atomic E-state index is 12.8. The predicted octanol–water partition coefficient (Wildman–Crippen LogP) is -1.74. The summed E-state index contributed by atoms with van der Waals surface area (Å²) in [5, 5.41) is 35.3. The maximum atomic E-state index is 12.8. The van der Waals surface area contributed by atoms with Crippen molar-refractivity contribution in [3.05, 3.63) is 59.7 Å². The monoisotopic (exact) mass is 515 g/mol. The minimum absolute atomic E-state index is 0.00535. The molecule has 0 aliphatic rings. The van der Waals surface area contributed by atoms with E-state index in [0.717, 1.165) is 0 Å². The Labute approximate surface area is 211 Å². The van der Waals surface area contributed by atoms with Crippen LogP contribution in [-0.2, 0) is 36.8 Å². The fourth-order valence-electron chi connectivity index (χ4n) is 3.27. The number of carboxylic acid groups (broad SMARTS) is 1. The van der Waals surface area contributed by atoms with Gasteiger partial charge in [-0.05, 0) is 35.4 Å². The van der Waals surface area contributed by atoms with E-state index in [1.165, 1.54) is 48.5 Å². The second-order valence-corrected chi connectivity index (χ2v) is 8.26. The Hall–Kier alpha value is -4.65. The molecule has 0 fully saturated rings. The van der Waals surface area contributed by atoms with Gasteiger partial charge in [0.2, 0.25) is 23.6 Å². The molecule has 2 rings (SSSR count). The van der Waals surface area contributed by atoms with E-state index in [4.69, 9.17) is 11.5 Å². The highest BCUT2D eigenvalue weighted by Crippen LogP contribution is 2.13. The number of phenolic OH excluding ortho intramolecular Hbond substituents is 2. The highest BCUT2D eigenvalue weighted by Gasteiger charge is 2.26. The molecule has 3 atom stereocenters. The maximum Gasteiger partial charge on any atom is 0.326 e. The SMILES string of the molecule is NC(=O)CC(N)C(=O)NC(Cc1ccc(O)cc1)C(=O)NCC(=O)NC(Cc1ccc(O)cc1)C(=O)O. The Bertz CT molecular complexity index is 1120. The number of carbonyl (C=O) groups excluding carboxylic acids is 4. The van der Waals surface area contributed by atoms with Crippen molar-refractivity contribution >= 4 is 29.6 Å². The van der Waals surface area contributed by atoms with Gasteiger partial charge < -0.3 is 42.7 Å². The lowest BCUT2D eigenvalue weighted by Gasteiger charge is -2.21. The Morgan fingerprint density at radius 3 is 1.70 bits per heavy atom. The smallest absolute Gasteiger partial charge is 0.326 e. The number of aromatic hydroxyl groups is 2. The van der Waals surface area contributed by atoms with E-state index in [2.05, 4.69) is 16.0 Å². The van der Waals surface area contributed by atoms with Crippen molar-refractivity contribution < 1.29 is 39.3 Å². The Morgan fingerprint density at radius 2 is 1.24 bits per heavy atom. The molecule has 13 heteroatoms. The molecule has 4 amide bonds. The second-order valence-electron chi connectivity index (χ2n) is 8.26. The molecule has 0 spiro atoms. The zero-order chi connectivity index (χ0) is 27.5. The molecule has 0 heterocycles. The number of amides is 4. The average Bonchev–Trinajstić information content (AvgIpc) is 2.83. The van der Waals surface area contributed by atoms with Gasteiger partial charge >= 0.3 is 5.97 Å². The van der Waals surface area contributed by atoms with Crippen molar-refractivity contribution in [1.29, 1.82) is 0 Å². The summed E-state index contributed by atoms with van der Waals surface area (Å²) in [6.07, 6.45) is -0.548. The van der Waals surface area contributed by atoms with Crippen LogP contribution in [0.2, 0.25) is 0 Å². The molecule has 0 saturated heterocycles. The van der Waals surface area contributed by atoms with Crippen molar-refractivity contribution in [3.63, 3.8) is 0 Å². The molecule has 198 valence electrons. The van der Waals surface area contributed by atoms with E-state index in [1.54, 1.807) is 0 Å². The third kappa shape index (κ3) is 9.85. The number of nitrogens with two attached hydrogens (primary N) is 2. The summed E-state index contributed by atoms with van der Waals surface area (Å²) in [4.78, 5) is 60.2. The molecular formula is C24H29N5O8.